The molecule has 1 aliphatic rings. The molecule has 2 heterocycles. The second-order valence-corrected chi connectivity index (χ2v) is 7.90. The molecule has 0 unspecified atom stereocenters. The molecule has 2 aromatic heterocycles. The van der Waals surface area contributed by atoms with Crippen LogP contribution in [0.4, 0.5) is 8.78 Å². The summed E-state index contributed by atoms with van der Waals surface area (Å²) in [7, 11) is 0. The van der Waals surface area contributed by atoms with Gasteiger partial charge in [0.15, 0.2) is 0 Å². The van der Waals surface area contributed by atoms with Crippen LogP contribution in [0, 0.1) is 13.8 Å². The molecule has 148 valence electrons. The summed E-state index contributed by atoms with van der Waals surface area (Å²) in [5.41, 5.74) is 2.07. The Balaban J connectivity index is 1.54. The lowest BCUT2D eigenvalue weighted by molar-refractivity contribution is -0.121. The summed E-state index contributed by atoms with van der Waals surface area (Å²) in [6.07, 6.45) is -0.127. The van der Waals surface area contributed by atoms with Crippen LogP contribution in [0.25, 0.3) is 0 Å². The molecule has 1 fully saturated rings. The van der Waals surface area contributed by atoms with Gasteiger partial charge in [-0.05, 0) is 49.0 Å². The van der Waals surface area contributed by atoms with Crippen LogP contribution in [0.2, 0.25) is 5.02 Å². The molecule has 0 aromatic carbocycles. The van der Waals surface area contributed by atoms with Gasteiger partial charge in [0.1, 0.15) is 12.2 Å². The predicted octanol–water partition coefficient (Wildman–Crippen LogP) is 4.13. The van der Waals surface area contributed by atoms with E-state index in [9.17, 15) is 13.6 Å². The van der Waals surface area contributed by atoms with Crippen LogP contribution in [-0.4, -0.2) is 32.0 Å². The van der Waals surface area contributed by atoms with Gasteiger partial charge in [-0.25, -0.2) is 8.78 Å². The van der Waals surface area contributed by atoms with Crippen molar-refractivity contribution in [1.29, 1.82) is 0 Å². The number of aromatic nitrogens is 4. The van der Waals surface area contributed by atoms with Crippen LogP contribution in [0.1, 0.15) is 54.4 Å². The van der Waals surface area contributed by atoms with Crippen molar-refractivity contribution in [1.82, 2.24) is 24.9 Å². The molecule has 0 aliphatic heterocycles. The van der Waals surface area contributed by atoms with Crippen LogP contribution < -0.4 is 5.32 Å². The standard InChI is InChI=1S/C17H21BrClF2N5O/c1-9-14(19)10(2)25(23-9)7-3-6-22-12(27)8-26-16(11-4-5-11)13(18)15(24-26)17(20)21/h11,17H,3-8H2,1-2H3,(H,22,27). The van der Waals surface area contributed by atoms with E-state index < -0.39 is 6.43 Å². The van der Waals surface area contributed by atoms with E-state index in [2.05, 4.69) is 31.4 Å². The van der Waals surface area contributed by atoms with Gasteiger partial charge in [-0.15, -0.1) is 0 Å². The van der Waals surface area contributed by atoms with Gasteiger partial charge < -0.3 is 5.32 Å². The Labute approximate surface area is 169 Å². The number of hydrogen-bond donors (Lipinski definition) is 1. The Kier molecular flexibility index (Phi) is 6.20. The summed E-state index contributed by atoms with van der Waals surface area (Å²) >= 11 is 9.34. The smallest absolute Gasteiger partial charge is 0.283 e. The van der Waals surface area contributed by atoms with Crippen molar-refractivity contribution in [2.24, 2.45) is 0 Å². The van der Waals surface area contributed by atoms with Gasteiger partial charge in [-0.2, -0.15) is 10.2 Å². The molecule has 0 spiro atoms. The zero-order chi connectivity index (χ0) is 19.7. The molecule has 1 saturated carbocycles. The van der Waals surface area contributed by atoms with E-state index in [0.29, 0.717) is 34.7 Å². The monoisotopic (exact) mass is 463 g/mol. The Hall–Kier alpha value is -1.48. The van der Waals surface area contributed by atoms with Crippen LogP contribution in [0.3, 0.4) is 0 Å². The first-order chi connectivity index (χ1) is 12.8. The Morgan fingerprint density at radius 3 is 2.59 bits per heavy atom. The summed E-state index contributed by atoms with van der Waals surface area (Å²) in [6, 6.07) is 0. The molecule has 27 heavy (non-hydrogen) atoms. The number of hydrogen-bond acceptors (Lipinski definition) is 3. The zero-order valence-electron chi connectivity index (χ0n) is 15.1. The van der Waals surface area contributed by atoms with Gasteiger partial charge in [0.25, 0.3) is 6.43 Å². The molecule has 2 aromatic rings. The lowest BCUT2D eigenvalue weighted by Gasteiger charge is -2.09. The van der Waals surface area contributed by atoms with Crippen molar-refractivity contribution in [3.05, 3.63) is 32.3 Å². The van der Waals surface area contributed by atoms with Crippen LogP contribution in [0.15, 0.2) is 4.47 Å². The highest BCUT2D eigenvalue weighted by Crippen LogP contribution is 2.45. The summed E-state index contributed by atoms with van der Waals surface area (Å²) in [5, 5.41) is 11.8. The Bertz CT molecular complexity index is 847. The lowest BCUT2D eigenvalue weighted by atomic mass is 10.2. The molecule has 0 bridgehead atoms. The van der Waals surface area contributed by atoms with E-state index in [4.69, 9.17) is 11.6 Å². The van der Waals surface area contributed by atoms with Crippen molar-refractivity contribution in [2.75, 3.05) is 6.54 Å². The molecule has 6 nitrogen and oxygen atoms in total. The lowest BCUT2D eigenvalue weighted by Crippen LogP contribution is -2.30. The fourth-order valence-corrected chi connectivity index (χ4v) is 3.94. The van der Waals surface area contributed by atoms with Crippen molar-refractivity contribution in [2.45, 2.75) is 58.5 Å². The van der Waals surface area contributed by atoms with Crippen molar-refractivity contribution >= 4 is 33.4 Å². The molecule has 1 amide bonds. The SMILES string of the molecule is Cc1nn(CCCNC(=O)Cn2nc(C(F)F)c(Br)c2C2CC2)c(C)c1Cl. The summed E-state index contributed by atoms with van der Waals surface area (Å²) < 4.78 is 29.7. The molecular weight excluding hydrogens is 444 g/mol. The van der Waals surface area contributed by atoms with E-state index in [1.165, 1.54) is 4.68 Å². The minimum atomic E-state index is -2.67. The molecule has 0 radical (unpaired) electrons. The number of nitrogens with one attached hydrogen (secondary N) is 1. The van der Waals surface area contributed by atoms with E-state index >= 15 is 0 Å². The number of amides is 1. The highest BCUT2D eigenvalue weighted by Gasteiger charge is 2.34. The third-order valence-corrected chi connectivity index (χ3v) is 5.94. The molecule has 1 aliphatic carbocycles. The number of nitrogens with zero attached hydrogens (tertiary/aromatic N) is 4. The number of aryl methyl sites for hydroxylation is 2. The van der Waals surface area contributed by atoms with Gasteiger partial charge >= 0.3 is 0 Å². The summed E-state index contributed by atoms with van der Waals surface area (Å²) in [4.78, 5) is 12.2. The van der Waals surface area contributed by atoms with Crippen LogP contribution in [0.5, 0.6) is 0 Å². The zero-order valence-corrected chi connectivity index (χ0v) is 17.4. The summed E-state index contributed by atoms with van der Waals surface area (Å²) in [6.45, 7) is 4.77. The highest BCUT2D eigenvalue weighted by atomic mass is 79.9. The minimum Gasteiger partial charge on any atom is -0.354 e. The van der Waals surface area contributed by atoms with Crippen molar-refractivity contribution in [3.63, 3.8) is 0 Å². The second-order valence-electron chi connectivity index (χ2n) is 6.73. The van der Waals surface area contributed by atoms with Gasteiger partial charge in [-0.3, -0.25) is 14.2 Å². The number of carbonyl (C=O) groups is 1. The average molecular weight is 465 g/mol. The van der Waals surface area contributed by atoms with Crippen molar-refractivity contribution < 1.29 is 13.6 Å². The van der Waals surface area contributed by atoms with E-state index in [1.54, 1.807) is 0 Å². The summed E-state index contributed by atoms with van der Waals surface area (Å²) in [5.74, 6) is -0.0536. The quantitative estimate of drug-likeness (QED) is 0.597. The number of halogens is 4. The second kappa shape index (κ2) is 8.26. The molecule has 3 rings (SSSR count). The molecule has 0 atom stereocenters. The Morgan fingerprint density at radius 1 is 1.33 bits per heavy atom. The van der Waals surface area contributed by atoms with E-state index in [1.807, 2.05) is 18.5 Å². The third-order valence-electron chi connectivity index (χ3n) is 4.58. The maximum Gasteiger partial charge on any atom is 0.283 e. The molecular formula is C17H21BrClF2N5O. The van der Waals surface area contributed by atoms with E-state index in [-0.39, 0.29) is 24.1 Å². The van der Waals surface area contributed by atoms with E-state index in [0.717, 1.165) is 24.2 Å². The normalized spacial score (nSPS) is 14.2. The van der Waals surface area contributed by atoms with Crippen LogP contribution in [-0.2, 0) is 17.9 Å². The maximum atomic E-state index is 13.1. The van der Waals surface area contributed by atoms with Gasteiger partial charge in [0.05, 0.1) is 26.6 Å². The fourth-order valence-electron chi connectivity index (χ4n) is 3.02. The van der Waals surface area contributed by atoms with Gasteiger partial charge in [0.2, 0.25) is 5.91 Å². The minimum absolute atomic E-state index is 0.0666. The number of alkyl halides is 2. The fraction of sp³-hybridized carbons (Fsp3) is 0.588. The predicted molar refractivity (Wildman–Crippen MR) is 101 cm³/mol. The molecule has 0 saturated heterocycles. The number of rotatable bonds is 8. The average Bonchev–Trinajstić information content (AvgIpc) is 3.35. The number of carbonyl (C=O) groups excluding carboxylic acids is 1. The van der Waals surface area contributed by atoms with Gasteiger partial charge in [0, 0.05) is 19.0 Å². The molecule has 10 heteroatoms. The van der Waals surface area contributed by atoms with Crippen LogP contribution >= 0.6 is 27.5 Å². The molecule has 1 N–H and O–H groups in total. The Morgan fingerprint density at radius 2 is 2.04 bits per heavy atom. The highest BCUT2D eigenvalue weighted by molar-refractivity contribution is 9.10. The first-order valence-corrected chi connectivity index (χ1v) is 9.97. The maximum absolute atomic E-state index is 13.1. The first kappa shape index (κ1) is 20.3. The van der Waals surface area contributed by atoms with Gasteiger partial charge in [-0.1, -0.05) is 11.6 Å². The first-order valence-electron chi connectivity index (χ1n) is 8.80. The third kappa shape index (κ3) is 4.51. The largest absolute Gasteiger partial charge is 0.354 e. The van der Waals surface area contributed by atoms with Crippen molar-refractivity contribution in [3.8, 4) is 0 Å². The topological polar surface area (TPSA) is 64.7 Å².